The molecule has 5 nitrogen and oxygen atoms in total. The van der Waals surface area contributed by atoms with E-state index >= 15 is 0 Å². The zero-order chi connectivity index (χ0) is 13.0. The Bertz CT molecular complexity index is 559. The molecular formula is C11H10BrN3O2S. The van der Waals surface area contributed by atoms with Crippen molar-refractivity contribution in [1.29, 1.82) is 0 Å². The van der Waals surface area contributed by atoms with Crippen molar-refractivity contribution in [2.75, 3.05) is 0 Å². The van der Waals surface area contributed by atoms with Gasteiger partial charge in [0.1, 0.15) is 5.76 Å². The maximum Gasteiger partial charge on any atom is 0.287 e. The first kappa shape index (κ1) is 13.1. The van der Waals surface area contributed by atoms with E-state index in [1.807, 2.05) is 29.7 Å². The molecule has 1 amide bonds. The number of amides is 1. The second-order valence-electron chi connectivity index (χ2n) is 3.37. The molecule has 18 heavy (non-hydrogen) atoms. The number of nitrogens with two attached hydrogens (primary N) is 1. The van der Waals surface area contributed by atoms with Gasteiger partial charge in [0.25, 0.3) is 5.91 Å². The lowest BCUT2D eigenvalue weighted by Gasteiger charge is -2.00. The lowest BCUT2D eigenvalue weighted by molar-refractivity contribution is 0.0944. The van der Waals surface area contributed by atoms with Crippen LogP contribution in [0.15, 0.2) is 44.2 Å². The number of nitrogens with one attached hydrogen (secondary N) is 1. The molecule has 0 saturated carbocycles. The minimum atomic E-state index is -0.462. The van der Waals surface area contributed by atoms with Crippen LogP contribution in [-0.2, 0) is 5.75 Å². The minimum Gasteiger partial charge on any atom is -0.360 e. The van der Waals surface area contributed by atoms with Crippen LogP contribution in [0.3, 0.4) is 0 Å². The van der Waals surface area contributed by atoms with E-state index in [-0.39, 0.29) is 5.69 Å². The lowest BCUT2D eigenvalue weighted by atomic mass is 10.4. The molecule has 3 N–H and O–H groups in total. The summed E-state index contributed by atoms with van der Waals surface area (Å²) in [6.45, 7) is 0. The standard InChI is InChI=1S/C11H10BrN3O2S/c12-8-3-1-2-4-10(8)18-6-7-5-9(15-17-7)11(16)14-13/h1-5H,6,13H2,(H,14,16). The van der Waals surface area contributed by atoms with Gasteiger partial charge < -0.3 is 4.52 Å². The Morgan fingerprint density at radius 3 is 3.00 bits per heavy atom. The molecule has 7 heteroatoms. The van der Waals surface area contributed by atoms with Crippen LogP contribution in [0.1, 0.15) is 16.2 Å². The molecule has 0 aliphatic heterocycles. The van der Waals surface area contributed by atoms with Crippen LogP contribution < -0.4 is 11.3 Å². The highest BCUT2D eigenvalue weighted by Crippen LogP contribution is 2.29. The Labute approximate surface area is 116 Å². The van der Waals surface area contributed by atoms with Crippen LogP contribution in [0.2, 0.25) is 0 Å². The molecule has 1 aromatic carbocycles. The van der Waals surface area contributed by atoms with E-state index in [1.54, 1.807) is 17.8 Å². The molecule has 1 heterocycles. The molecule has 0 atom stereocenters. The van der Waals surface area contributed by atoms with Crippen molar-refractivity contribution in [3.63, 3.8) is 0 Å². The number of hydrogen-bond donors (Lipinski definition) is 2. The van der Waals surface area contributed by atoms with E-state index in [0.29, 0.717) is 11.5 Å². The maximum absolute atomic E-state index is 11.2. The molecular weight excluding hydrogens is 318 g/mol. The third kappa shape index (κ3) is 3.12. The summed E-state index contributed by atoms with van der Waals surface area (Å²) < 4.78 is 6.07. The van der Waals surface area contributed by atoms with Gasteiger partial charge in [0, 0.05) is 15.4 Å². The predicted molar refractivity (Wildman–Crippen MR) is 71.9 cm³/mol. The van der Waals surface area contributed by atoms with Crippen molar-refractivity contribution in [1.82, 2.24) is 10.6 Å². The molecule has 0 aliphatic rings. The summed E-state index contributed by atoms with van der Waals surface area (Å²) in [4.78, 5) is 12.3. The number of halogens is 1. The van der Waals surface area contributed by atoms with Gasteiger partial charge in [-0.05, 0) is 28.1 Å². The molecule has 2 rings (SSSR count). The lowest BCUT2D eigenvalue weighted by Crippen LogP contribution is -2.30. The molecule has 2 aromatic rings. The van der Waals surface area contributed by atoms with E-state index in [0.717, 1.165) is 9.37 Å². The van der Waals surface area contributed by atoms with Gasteiger partial charge in [0.05, 0.1) is 5.75 Å². The molecule has 1 aromatic heterocycles. The van der Waals surface area contributed by atoms with Gasteiger partial charge in [0.2, 0.25) is 0 Å². The van der Waals surface area contributed by atoms with Crippen LogP contribution in [0.5, 0.6) is 0 Å². The van der Waals surface area contributed by atoms with Crippen LogP contribution in [-0.4, -0.2) is 11.1 Å². The minimum absolute atomic E-state index is 0.181. The third-order valence-electron chi connectivity index (χ3n) is 2.13. The van der Waals surface area contributed by atoms with Gasteiger partial charge in [-0.2, -0.15) is 0 Å². The monoisotopic (exact) mass is 327 g/mol. The summed E-state index contributed by atoms with van der Waals surface area (Å²) in [6, 6.07) is 9.45. The van der Waals surface area contributed by atoms with Crippen LogP contribution in [0.25, 0.3) is 0 Å². The number of nitrogen functional groups attached to an aromatic ring is 1. The third-order valence-corrected chi connectivity index (χ3v) is 4.18. The van der Waals surface area contributed by atoms with Crippen molar-refractivity contribution in [3.8, 4) is 0 Å². The fourth-order valence-corrected chi connectivity index (χ4v) is 2.72. The van der Waals surface area contributed by atoms with Gasteiger partial charge in [-0.25, -0.2) is 5.84 Å². The first-order valence-corrected chi connectivity index (χ1v) is 6.82. The number of hydrazine groups is 1. The number of carbonyl (C=O) groups excluding carboxylic acids is 1. The van der Waals surface area contributed by atoms with Crippen LogP contribution in [0.4, 0.5) is 0 Å². The van der Waals surface area contributed by atoms with Crippen molar-refractivity contribution < 1.29 is 9.32 Å². The molecule has 0 radical (unpaired) electrons. The largest absolute Gasteiger partial charge is 0.360 e. The van der Waals surface area contributed by atoms with E-state index < -0.39 is 5.91 Å². The average Bonchev–Trinajstić information content (AvgIpc) is 2.86. The van der Waals surface area contributed by atoms with Gasteiger partial charge >= 0.3 is 0 Å². The molecule has 0 aliphatic carbocycles. The molecule has 0 fully saturated rings. The number of aromatic nitrogens is 1. The van der Waals surface area contributed by atoms with Gasteiger partial charge in [-0.3, -0.25) is 10.2 Å². The van der Waals surface area contributed by atoms with E-state index in [2.05, 4.69) is 21.1 Å². The van der Waals surface area contributed by atoms with Gasteiger partial charge in [-0.1, -0.05) is 17.3 Å². The Kier molecular flexibility index (Phi) is 4.40. The smallest absolute Gasteiger partial charge is 0.287 e. The van der Waals surface area contributed by atoms with Gasteiger partial charge in [0.15, 0.2) is 5.69 Å². The number of rotatable bonds is 4. The maximum atomic E-state index is 11.2. The fourth-order valence-electron chi connectivity index (χ4n) is 1.27. The van der Waals surface area contributed by atoms with Crippen molar-refractivity contribution in [2.45, 2.75) is 10.6 Å². The number of thioether (sulfide) groups is 1. The second-order valence-corrected chi connectivity index (χ2v) is 5.24. The number of hydrogen-bond acceptors (Lipinski definition) is 5. The highest BCUT2D eigenvalue weighted by atomic mass is 79.9. The molecule has 0 saturated heterocycles. The van der Waals surface area contributed by atoms with Crippen LogP contribution >= 0.6 is 27.7 Å². The summed E-state index contributed by atoms with van der Waals surface area (Å²) in [6.07, 6.45) is 0. The summed E-state index contributed by atoms with van der Waals surface area (Å²) >= 11 is 5.05. The summed E-state index contributed by atoms with van der Waals surface area (Å²) in [5.74, 6) is 5.75. The molecule has 94 valence electrons. The SMILES string of the molecule is NNC(=O)c1cc(CSc2ccccc2Br)on1. The Balaban J connectivity index is 2.01. The fraction of sp³-hybridized carbons (Fsp3) is 0.0909. The Morgan fingerprint density at radius 2 is 2.28 bits per heavy atom. The van der Waals surface area contributed by atoms with E-state index in [9.17, 15) is 4.79 Å². The van der Waals surface area contributed by atoms with Crippen molar-refractivity contribution >= 4 is 33.6 Å². The second kappa shape index (κ2) is 6.03. The average molecular weight is 328 g/mol. The Morgan fingerprint density at radius 1 is 1.50 bits per heavy atom. The zero-order valence-electron chi connectivity index (χ0n) is 9.22. The molecule has 0 bridgehead atoms. The highest BCUT2D eigenvalue weighted by Gasteiger charge is 2.11. The normalized spacial score (nSPS) is 10.3. The predicted octanol–water partition coefficient (Wildman–Crippen LogP) is 2.33. The highest BCUT2D eigenvalue weighted by molar-refractivity contribution is 9.10. The van der Waals surface area contributed by atoms with Crippen LogP contribution in [0, 0.1) is 0 Å². The summed E-state index contributed by atoms with van der Waals surface area (Å²) in [5.41, 5.74) is 2.18. The van der Waals surface area contributed by atoms with Gasteiger partial charge in [-0.15, -0.1) is 11.8 Å². The Hall–Kier alpha value is -1.31. The number of carbonyl (C=O) groups is 1. The van der Waals surface area contributed by atoms with E-state index in [4.69, 9.17) is 10.4 Å². The zero-order valence-corrected chi connectivity index (χ0v) is 11.6. The molecule has 0 unspecified atom stereocenters. The summed E-state index contributed by atoms with van der Waals surface area (Å²) in [5, 5.41) is 3.63. The van der Waals surface area contributed by atoms with Crippen molar-refractivity contribution in [3.05, 3.63) is 46.3 Å². The number of benzene rings is 1. The molecule has 0 spiro atoms. The first-order valence-electron chi connectivity index (χ1n) is 5.04. The van der Waals surface area contributed by atoms with Crippen molar-refractivity contribution in [2.24, 2.45) is 5.84 Å². The number of nitrogens with zero attached hydrogens (tertiary/aromatic N) is 1. The summed E-state index contributed by atoms with van der Waals surface area (Å²) in [7, 11) is 0. The quantitative estimate of drug-likeness (QED) is 0.390. The topological polar surface area (TPSA) is 81.1 Å². The van der Waals surface area contributed by atoms with E-state index in [1.165, 1.54) is 0 Å². The first-order chi connectivity index (χ1) is 8.70.